The van der Waals surface area contributed by atoms with Gasteiger partial charge in [-0.15, -0.1) is 11.6 Å². The van der Waals surface area contributed by atoms with E-state index in [2.05, 4.69) is 14.7 Å². The van der Waals surface area contributed by atoms with Crippen molar-refractivity contribution in [2.45, 2.75) is 30.8 Å². The van der Waals surface area contributed by atoms with Gasteiger partial charge in [-0.3, -0.25) is 0 Å². The molecule has 1 aromatic rings. The monoisotopic (exact) mass is 285 g/mol. The number of halogens is 4. The van der Waals surface area contributed by atoms with Crippen molar-refractivity contribution in [2.75, 3.05) is 11.9 Å². The average Bonchev–Trinajstić information content (AvgIpc) is 2.82. The van der Waals surface area contributed by atoms with E-state index >= 15 is 0 Å². The third kappa shape index (κ3) is 3.22. The van der Waals surface area contributed by atoms with Gasteiger partial charge < -0.3 is 5.32 Å². The summed E-state index contributed by atoms with van der Waals surface area (Å²) in [5, 5.41) is 3.18. The first-order valence-corrected chi connectivity index (χ1v) is 6.46. The molecule has 2 atom stereocenters. The number of nitrogens with one attached hydrogen (secondary N) is 1. The second-order valence-corrected chi connectivity index (χ2v) is 5.32. The number of aromatic nitrogens is 2. The molecule has 8 heteroatoms. The molecule has 2 unspecified atom stereocenters. The van der Waals surface area contributed by atoms with Crippen LogP contribution in [0.2, 0.25) is 0 Å². The van der Waals surface area contributed by atoms with E-state index in [0.717, 1.165) is 30.8 Å². The number of hydrogen-bond donors (Lipinski definition) is 1. The van der Waals surface area contributed by atoms with Gasteiger partial charge in [0.25, 0.3) is 0 Å². The Balaban J connectivity index is 1.89. The lowest BCUT2D eigenvalue weighted by Crippen LogP contribution is -2.18. The fourth-order valence-corrected chi connectivity index (χ4v) is 2.81. The van der Waals surface area contributed by atoms with Crippen LogP contribution in [0.25, 0.3) is 0 Å². The van der Waals surface area contributed by atoms with Crippen molar-refractivity contribution in [1.82, 2.24) is 9.36 Å². The van der Waals surface area contributed by atoms with Gasteiger partial charge in [0.05, 0.1) is 0 Å². The highest BCUT2D eigenvalue weighted by Gasteiger charge is 2.36. The predicted octanol–water partition coefficient (Wildman–Crippen LogP) is 3.38. The molecule has 96 valence electrons. The zero-order valence-electron chi connectivity index (χ0n) is 8.80. The standard InChI is InChI=1S/C9H11ClF3N3S/c10-6-3-1-2-5(6)4-14-8-15-7(16-17-8)9(11,12)13/h5-6H,1-4H2,(H,14,15,16). The molecular formula is C9H11ClF3N3S. The molecule has 0 aliphatic heterocycles. The fraction of sp³-hybridized carbons (Fsp3) is 0.778. The van der Waals surface area contributed by atoms with Crippen molar-refractivity contribution in [3.05, 3.63) is 5.82 Å². The second-order valence-electron chi connectivity index (χ2n) is 4.01. The van der Waals surface area contributed by atoms with Crippen molar-refractivity contribution in [3.63, 3.8) is 0 Å². The van der Waals surface area contributed by atoms with Gasteiger partial charge >= 0.3 is 6.18 Å². The maximum atomic E-state index is 12.2. The quantitative estimate of drug-likeness (QED) is 0.865. The Morgan fingerprint density at radius 3 is 2.71 bits per heavy atom. The Bertz CT molecular complexity index is 382. The molecule has 1 aromatic heterocycles. The van der Waals surface area contributed by atoms with E-state index in [1.807, 2.05) is 0 Å². The maximum absolute atomic E-state index is 12.2. The van der Waals surface area contributed by atoms with E-state index in [1.165, 1.54) is 0 Å². The van der Waals surface area contributed by atoms with E-state index < -0.39 is 12.0 Å². The Hall–Kier alpha value is -0.560. The highest BCUT2D eigenvalue weighted by molar-refractivity contribution is 7.09. The Kier molecular flexibility index (Phi) is 3.77. The van der Waals surface area contributed by atoms with Crippen molar-refractivity contribution >= 4 is 28.3 Å². The lowest BCUT2D eigenvalue weighted by molar-refractivity contribution is -0.144. The van der Waals surface area contributed by atoms with E-state index in [1.54, 1.807) is 0 Å². The lowest BCUT2D eigenvalue weighted by atomic mass is 10.1. The minimum absolute atomic E-state index is 0.109. The maximum Gasteiger partial charge on any atom is 0.452 e. The summed E-state index contributed by atoms with van der Waals surface area (Å²) in [5.74, 6) is -0.784. The highest BCUT2D eigenvalue weighted by atomic mass is 35.5. The van der Waals surface area contributed by atoms with Crippen LogP contribution in [0.3, 0.4) is 0 Å². The minimum atomic E-state index is -4.47. The van der Waals surface area contributed by atoms with Crippen LogP contribution >= 0.6 is 23.1 Å². The summed E-state index contributed by atoms with van der Waals surface area (Å²) in [4.78, 5) is 3.40. The first kappa shape index (κ1) is 12.9. The summed E-state index contributed by atoms with van der Waals surface area (Å²) in [6, 6.07) is 0. The molecule has 0 amide bonds. The lowest BCUT2D eigenvalue weighted by Gasteiger charge is -2.13. The normalized spacial score (nSPS) is 25.2. The molecule has 1 saturated carbocycles. The number of nitrogens with zero attached hydrogens (tertiary/aromatic N) is 2. The molecule has 0 bridgehead atoms. The summed E-state index contributed by atoms with van der Waals surface area (Å²) in [5.41, 5.74) is 0. The molecule has 0 spiro atoms. The van der Waals surface area contributed by atoms with Crippen LogP contribution in [0.4, 0.5) is 18.3 Å². The average molecular weight is 286 g/mol. The molecule has 1 aliphatic rings. The Morgan fingerprint density at radius 1 is 1.41 bits per heavy atom. The number of hydrogen-bond acceptors (Lipinski definition) is 4. The molecule has 3 nitrogen and oxygen atoms in total. The Morgan fingerprint density at radius 2 is 2.18 bits per heavy atom. The third-order valence-corrected chi connectivity index (χ3v) is 4.01. The van der Waals surface area contributed by atoms with Crippen LogP contribution in [0.1, 0.15) is 25.1 Å². The first-order valence-electron chi connectivity index (χ1n) is 5.25. The molecule has 17 heavy (non-hydrogen) atoms. The predicted molar refractivity (Wildman–Crippen MR) is 60.4 cm³/mol. The summed E-state index contributed by atoms with van der Waals surface area (Å²) in [6.07, 6.45) is -1.42. The third-order valence-electron chi connectivity index (χ3n) is 2.76. The van der Waals surface area contributed by atoms with Crippen LogP contribution < -0.4 is 5.32 Å². The highest BCUT2D eigenvalue weighted by Crippen LogP contribution is 2.31. The van der Waals surface area contributed by atoms with Gasteiger partial charge in [0, 0.05) is 23.5 Å². The van der Waals surface area contributed by atoms with Gasteiger partial charge in [0.15, 0.2) is 0 Å². The number of alkyl halides is 4. The summed E-state index contributed by atoms with van der Waals surface area (Å²) in [6.45, 7) is 0.556. The van der Waals surface area contributed by atoms with Gasteiger partial charge in [-0.2, -0.15) is 22.5 Å². The van der Waals surface area contributed by atoms with Crippen LogP contribution in [-0.2, 0) is 6.18 Å². The molecule has 1 heterocycles. The van der Waals surface area contributed by atoms with Gasteiger partial charge in [-0.1, -0.05) is 6.42 Å². The van der Waals surface area contributed by atoms with Gasteiger partial charge in [-0.25, -0.2) is 0 Å². The molecule has 0 radical (unpaired) electrons. The van der Waals surface area contributed by atoms with Gasteiger partial charge in [0.2, 0.25) is 11.0 Å². The smallest absolute Gasteiger partial charge is 0.360 e. The number of anilines is 1. The summed E-state index contributed by atoms with van der Waals surface area (Å²) < 4.78 is 40.0. The molecule has 1 N–H and O–H groups in total. The van der Waals surface area contributed by atoms with E-state index in [9.17, 15) is 13.2 Å². The molecule has 0 aromatic carbocycles. The van der Waals surface area contributed by atoms with Crippen molar-refractivity contribution in [2.24, 2.45) is 5.92 Å². The first-order chi connectivity index (χ1) is 7.97. The SMILES string of the molecule is FC(F)(F)c1nsc(NCC2CCCC2Cl)n1. The summed E-state index contributed by atoms with van der Waals surface area (Å²) >= 11 is 6.80. The minimum Gasteiger partial charge on any atom is -0.360 e. The largest absolute Gasteiger partial charge is 0.452 e. The topological polar surface area (TPSA) is 37.8 Å². The van der Waals surface area contributed by atoms with Crippen LogP contribution in [0.5, 0.6) is 0 Å². The van der Waals surface area contributed by atoms with Crippen LogP contribution in [0.15, 0.2) is 0 Å². The molecular weight excluding hydrogens is 275 g/mol. The van der Waals surface area contributed by atoms with E-state index in [4.69, 9.17) is 11.6 Å². The molecule has 2 rings (SSSR count). The van der Waals surface area contributed by atoms with Crippen LogP contribution in [-0.4, -0.2) is 21.3 Å². The second kappa shape index (κ2) is 4.97. The van der Waals surface area contributed by atoms with Crippen LogP contribution in [0, 0.1) is 5.92 Å². The van der Waals surface area contributed by atoms with E-state index in [0.29, 0.717) is 12.5 Å². The van der Waals surface area contributed by atoms with Gasteiger partial charge in [-0.05, 0) is 18.8 Å². The van der Waals surface area contributed by atoms with Gasteiger partial charge in [0.1, 0.15) is 0 Å². The molecule has 1 fully saturated rings. The van der Waals surface area contributed by atoms with Crippen molar-refractivity contribution in [3.8, 4) is 0 Å². The van der Waals surface area contributed by atoms with E-state index in [-0.39, 0.29) is 10.5 Å². The molecule has 1 aliphatic carbocycles. The molecule has 0 saturated heterocycles. The Labute approximate surface area is 106 Å². The summed E-state index contributed by atoms with van der Waals surface area (Å²) in [7, 11) is 0. The zero-order chi connectivity index (χ0) is 12.5. The van der Waals surface area contributed by atoms with Crippen molar-refractivity contribution < 1.29 is 13.2 Å². The fourth-order valence-electron chi connectivity index (χ4n) is 1.85. The zero-order valence-corrected chi connectivity index (χ0v) is 10.4. The number of rotatable bonds is 3. The van der Waals surface area contributed by atoms with Crippen molar-refractivity contribution in [1.29, 1.82) is 0 Å².